The number of nitrogens with one attached hydrogen (secondary N) is 1. The molecule has 11 nitrogen and oxygen atoms in total. The molecule has 1 fully saturated rings. The van der Waals surface area contributed by atoms with Crippen molar-refractivity contribution in [3.05, 3.63) is 48.0 Å². The molecule has 2 aromatic carbocycles. The number of benzene rings is 2. The maximum Gasteiger partial charge on any atom is 0.253 e. The van der Waals surface area contributed by atoms with Crippen LogP contribution in [0.4, 0.5) is 11.4 Å². The molecule has 0 radical (unpaired) electrons. The smallest absolute Gasteiger partial charge is 0.253 e. The van der Waals surface area contributed by atoms with E-state index in [1.54, 1.807) is 14.1 Å². The molecular formula is C24H32N4O7S2. The van der Waals surface area contributed by atoms with Crippen molar-refractivity contribution in [1.29, 1.82) is 0 Å². The Hall–Kier alpha value is -3.16. The molecule has 1 aliphatic heterocycles. The number of carbonyl (C=O) groups excluding carboxylic acids is 2. The molecule has 0 saturated carbocycles. The van der Waals surface area contributed by atoms with Gasteiger partial charge in [0.1, 0.15) is 17.2 Å². The highest BCUT2D eigenvalue weighted by atomic mass is 32.2. The third kappa shape index (κ3) is 6.79. The fourth-order valence-electron chi connectivity index (χ4n) is 3.96. The summed E-state index contributed by atoms with van der Waals surface area (Å²) in [4.78, 5) is 26.3. The van der Waals surface area contributed by atoms with Gasteiger partial charge in [-0.05, 0) is 55.3 Å². The van der Waals surface area contributed by atoms with E-state index in [0.717, 1.165) is 29.8 Å². The van der Waals surface area contributed by atoms with Crippen LogP contribution in [-0.2, 0) is 24.8 Å². The molecule has 0 aromatic heterocycles. The van der Waals surface area contributed by atoms with Gasteiger partial charge in [0.2, 0.25) is 26.0 Å². The maximum absolute atomic E-state index is 13.2. The first-order valence-corrected chi connectivity index (χ1v) is 14.9. The third-order valence-corrected chi connectivity index (χ3v) is 8.94. The Balaban J connectivity index is 1.83. The zero-order chi connectivity index (χ0) is 27.4. The van der Waals surface area contributed by atoms with Crippen LogP contribution in [0, 0.1) is 0 Å². The van der Waals surface area contributed by atoms with E-state index in [0.29, 0.717) is 18.7 Å². The molecule has 0 spiro atoms. The lowest BCUT2D eigenvalue weighted by molar-refractivity contribution is -0.114. The van der Waals surface area contributed by atoms with E-state index in [2.05, 4.69) is 5.32 Å². The van der Waals surface area contributed by atoms with Crippen LogP contribution in [0.15, 0.2) is 47.4 Å². The van der Waals surface area contributed by atoms with Gasteiger partial charge in [0, 0.05) is 38.4 Å². The minimum atomic E-state index is -3.86. The number of anilines is 2. The molecule has 0 bridgehead atoms. The number of carbonyl (C=O) groups is 2. The second kappa shape index (κ2) is 11.5. The Morgan fingerprint density at radius 3 is 2.14 bits per heavy atom. The number of piperidine rings is 1. The Kier molecular flexibility index (Phi) is 8.82. The Morgan fingerprint density at radius 2 is 1.59 bits per heavy atom. The van der Waals surface area contributed by atoms with E-state index in [1.165, 1.54) is 58.8 Å². The van der Waals surface area contributed by atoms with Crippen LogP contribution in [0.5, 0.6) is 5.75 Å². The van der Waals surface area contributed by atoms with Crippen LogP contribution in [-0.4, -0.2) is 85.0 Å². The predicted octanol–water partition coefficient (Wildman–Crippen LogP) is 1.98. The van der Waals surface area contributed by atoms with Gasteiger partial charge in [0.15, 0.2) is 0 Å². The number of hydrogen-bond donors (Lipinski definition) is 1. The molecule has 37 heavy (non-hydrogen) atoms. The molecule has 2 amide bonds. The standard InChI is InChI=1S/C24H32N4O7S2/c1-26(2)24(30)18-8-11-20(12-9-18)28(36(4,31)32)17-23(29)25-19-10-13-21(35-3)22(16-19)37(33,34)27-14-6-5-7-15-27/h8-13,16H,5-7,14-15,17H2,1-4H3,(H,25,29). The molecule has 1 N–H and O–H groups in total. The lowest BCUT2D eigenvalue weighted by Crippen LogP contribution is -2.37. The monoisotopic (exact) mass is 552 g/mol. The number of sulfonamides is 2. The highest BCUT2D eigenvalue weighted by Gasteiger charge is 2.29. The van der Waals surface area contributed by atoms with Gasteiger partial charge < -0.3 is 15.0 Å². The van der Waals surface area contributed by atoms with Crippen molar-refractivity contribution >= 4 is 43.2 Å². The highest BCUT2D eigenvalue weighted by molar-refractivity contribution is 7.92. The van der Waals surface area contributed by atoms with Gasteiger partial charge in [-0.3, -0.25) is 13.9 Å². The van der Waals surface area contributed by atoms with Gasteiger partial charge >= 0.3 is 0 Å². The average Bonchev–Trinajstić information content (AvgIpc) is 2.86. The van der Waals surface area contributed by atoms with Crippen molar-refractivity contribution in [3.8, 4) is 5.75 Å². The molecule has 0 unspecified atom stereocenters. The summed E-state index contributed by atoms with van der Waals surface area (Å²) in [6, 6.07) is 10.1. The van der Waals surface area contributed by atoms with Crippen molar-refractivity contribution in [1.82, 2.24) is 9.21 Å². The third-order valence-electron chi connectivity index (χ3n) is 5.88. The normalized spacial score (nSPS) is 14.6. The largest absolute Gasteiger partial charge is 0.495 e. The lowest BCUT2D eigenvalue weighted by atomic mass is 10.2. The number of rotatable bonds is 9. The summed E-state index contributed by atoms with van der Waals surface area (Å²) in [5.74, 6) is -0.774. The number of nitrogens with zero attached hydrogens (tertiary/aromatic N) is 3. The van der Waals surface area contributed by atoms with Crippen LogP contribution >= 0.6 is 0 Å². The summed E-state index contributed by atoms with van der Waals surface area (Å²) < 4.78 is 59.0. The first-order chi connectivity index (χ1) is 17.3. The zero-order valence-corrected chi connectivity index (χ0v) is 22.9. The molecule has 1 heterocycles. The number of methoxy groups -OCH3 is 1. The number of hydrogen-bond acceptors (Lipinski definition) is 7. The van der Waals surface area contributed by atoms with Gasteiger partial charge in [-0.1, -0.05) is 6.42 Å². The summed E-state index contributed by atoms with van der Waals surface area (Å²) in [6.45, 7) is 0.259. The summed E-state index contributed by atoms with van der Waals surface area (Å²) in [6.07, 6.45) is 3.47. The minimum Gasteiger partial charge on any atom is -0.495 e. The van der Waals surface area contributed by atoms with E-state index >= 15 is 0 Å². The van der Waals surface area contributed by atoms with Crippen molar-refractivity contribution in [2.45, 2.75) is 24.2 Å². The van der Waals surface area contributed by atoms with Gasteiger partial charge in [0.25, 0.3) is 5.91 Å². The minimum absolute atomic E-state index is 0.0733. The quantitative estimate of drug-likeness (QED) is 0.503. The van der Waals surface area contributed by atoms with E-state index in [9.17, 15) is 26.4 Å². The number of amides is 2. The van der Waals surface area contributed by atoms with Gasteiger partial charge in [-0.15, -0.1) is 0 Å². The van der Waals surface area contributed by atoms with E-state index in [-0.39, 0.29) is 27.9 Å². The van der Waals surface area contributed by atoms with Gasteiger partial charge in [0.05, 0.1) is 19.1 Å². The van der Waals surface area contributed by atoms with Crippen molar-refractivity contribution in [2.24, 2.45) is 0 Å². The molecule has 3 rings (SSSR count). The van der Waals surface area contributed by atoms with Crippen LogP contribution in [0.2, 0.25) is 0 Å². The molecule has 1 saturated heterocycles. The predicted molar refractivity (Wildman–Crippen MR) is 141 cm³/mol. The molecule has 2 aromatic rings. The van der Waals surface area contributed by atoms with Crippen LogP contribution < -0.4 is 14.4 Å². The number of ether oxygens (including phenoxy) is 1. The fourth-order valence-corrected chi connectivity index (χ4v) is 6.51. The van der Waals surface area contributed by atoms with E-state index < -0.39 is 32.5 Å². The Labute approximate surface area is 218 Å². The summed E-state index contributed by atoms with van der Waals surface area (Å²) in [5.41, 5.74) is 0.755. The topological polar surface area (TPSA) is 133 Å². The first-order valence-electron chi connectivity index (χ1n) is 11.6. The van der Waals surface area contributed by atoms with Crippen molar-refractivity contribution in [2.75, 3.05) is 56.7 Å². The molecule has 1 aliphatic rings. The summed E-state index contributed by atoms with van der Waals surface area (Å²) in [7, 11) is -3.14. The summed E-state index contributed by atoms with van der Waals surface area (Å²) >= 11 is 0. The summed E-state index contributed by atoms with van der Waals surface area (Å²) in [5, 5.41) is 2.58. The fraction of sp³-hybridized carbons (Fsp3) is 0.417. The van der Waals surface area contributed by atoms with Crippen LogP contribution in [0.1, 0.15) is 29.6 Å². The van der Waals surface area contributed by atoms with Crippen molar-refractivity contribution < 1.29 is 31.2 Å². The average molecular weight is 553 g/mol. The van der Waals surface area contributed by atoms with E-state index in [1.807, 2.05) is 0 Å². The van der Waals surface area contributed by atoms with Crippen LogP contribution in [0.3, 0.4) is 0 Å². The lowest BCUT2D eigenvalue weighted by Gasteiger charge is -2.27. The highest BCUT2D eigenvalue weighted by Crippen LogP contribution is 2.31. The van der Waals surface area contributed by atoms with Gasteiger partial charge in [-0.2, -0.15) is 4.31 Å². The molecular weight excluding hydrogens is 520 g/mol. The van der Waals surface area contributed by atoms with Crippen LogP contribution in [0.25, 0.3) is 0 Å². The molecule has 0 atom stereocenters. The van der Waals surface area contributed by atoms with E-state index in [4.69, 9.17) is 4.74 Å². The molecule has 0 aliphatic carbocycles. The molecule has 202 valence electrons. The Morgan fingerprint density at radius 1 is 0.973 bits per heavy atom. The zero-order valence-electron chi connectivity index (χ0n) is 21.3. The second-order valence-corrected chi connectivity index (χ2v) is 12.7. The maximum atomic E-state index is 13.2. The molecule has 13 heteroatoms. The first kappa shape index (κ1) is 28.4. The van der Waals surface area contributed by atoms with Crippen molar-refractivity contribution in [3.63, 3.8) is 0 Å². The Bertz CT molecular complexity index is 1350. The van der Waals surface area contributed by atoms with Gasteiger partial charge in [-0.25, -0.2) is 16.8 Å². The second-order valence-electron chi connectivity index (χ2n) is 8.89. The SMILES string of the molecule is COc1ccc(NC(=O)CN(c2ccc(C(=O)N(C)C)cc2)S(C)(=O)=O)cc1S(=O)(=O)N1CCCCC1.